The lowest BCUT2D eigenvalue weighted by atomic mass is 10.1. The smallest absolute Gasteiger partial charge is 0.271 e. The topological polar surface area (TPSA) is 49.4 Å². The summed E-state index contributed by atoms with van der Waals surface area (Å²) in [6.45, 7) is 0.441. The van der Waals surface area contributed by atoms with E-state index < -0.39 is 6.04 Å². The highest BCUT2D eigenvalue weighted by Gasteiger charge is 2.33. The van der Waals surface area contributed by atoms with Gasteiger partial charge in [0.1, 0.15) is 5.76 Å². The van der Waals surface area contributed by atoms with E-state index in [9.17, 15) is 4.79 Å². The van der Waals surface area contributed by atoms with Crippen LogP contribution in [0.3, 0.4) is 0 Å². The molecule has 26 heavy (non-hydrogen) atoms. The number of pyridine rings is 1. The molecule has 134 valence electrons. The fourth-order valence-electron chi connectivity index (χ4n) is 2.53. The fraction of sp³-hybridized carbons (Fsp3) is 0.211. The first-order valence-electron chi connectivity index (χ1n) is 8.12. The van der Waals surface area contributed by atoms with E-state index in [0.717, 1.165) is 11.4 Å². The number of carbonyl (C=O) groups excluding carboxylic acids is 1. The van der Waals surface area contributed by atoms with E-state index in [1.54, 1.807) is 6.26 Å². The Bertz CT molecular complexity index is 857. The van der Waals surface area contributed by atoms with E-state index in [0.29, 0.717) is 16.4 Å². The molecule has 3 heterocycles. The summed E-state index contributed by atoms with van der Waals surface area (Å²) in [6, 6.07) is 10.7. The molecular formula is C19H20N3O2S2+. The molecule has 3 aromatic heterocycles. The Morgan fingerprint density at radius 2 is 2.04 bits per heavy atom. The maximum Gasteiger partial charge on any atom is 0.271 e. The molecule has 0 aliphatic carbocycles. The number of furan rings is 1. The first-order chi connectivity index (χ1) is 12.6. The molecule has 0 spiro atoms. The Morgan fingerprint density at radius 1 is 1.27 bits per heavy atom. The van der Waals surface area contributed by atoms with Gasteiger partial charge < -0.3 is 14.6 Å². The van der Waals surface area contributed by atoms with Gasteiger partial charge in [-0.15, -0.1) is 11.3 Å². The van der Waals surface area contributed by atoms with Crippen molar-refractivity contribution in [3.63, 3.8) is 0 Å². The van der Waals surface area contributed by atoms with Gasteiger partial charge in [0, 0.05) is 31.9 Å². The molecule has 3 aromatic rings. The molecule has 0 aliphatic heterocycles. The largest absolute Gasteiger partial charge is 0.467 e. The number of thiophene rings is 1. The van der Waals surface area contributed by atoms with E-state index in [1.165, 1.54) is 11.3 Å². The molecule has 0 saturated carbocycles. The van der Waals surface area contributed by atoms with Gasteiger partial charge in [0.05, 0.1) is 17.7 Å². The Morgan fingerprint density at radius 3 is 2.62 bits per heavy atom. The van der Waals surface area contributed by atoms with Gasteiger partial charge in [0.2, 0.25) is 5.78 Å². The van der Waals surface area contributed by atoms with Crippen LogP contribution < -0.4 is 14.8 Å². The zero-order valence-corrected chi connectivity index (χ0v) is 16.2. The average molecular weight is 387 g/mol. The second-order valence-electron chi connectivity index (χ2n) is 5.94. The highest BCUT2D eigenvalue weighted by Crippen LogP contribution is 2.17. The standard InChI is InChI=1S/C19H19N3O2S2/c1-21(2)14-7-9-22(10-8-14)17(18(23)16-6-4-12-26-16)19(25)20-13-15-5-3-11-24-15/h3-12,17H,13H2,1-2H3/p+1/t17-/m0/s1. The normalized spacial score (nSPS) is 11.8. The molecule has 0 saturated heterocycles. The summed E-state index contributed by atoms with van der Waals surface area (Å²) >= 11 is 6.98. The van der Waals surface area contributed by atoms with Crippen molar-refractivity contribution < 1.29 is 13.8 Å². The number of Topliss-reactive ketones (excluding diaryl/α,β-unsaturated/α-hetero) is 1. The second kappa shape index (κ2) is 8.25. The van der Waals surface area contributed by atoms with Crippen molar-refractivity contribution >= 4 is 40.0 Å². The number of aromatic nitrogens is 1. The lowest BCUT2D eigenvalue weighted by molar-refractivity contribution is -0.692. The van der Waals surface area contributed by atoms with Gasteiger partial charge in [-0.2, -0.15) is 4.57 Å². The lowest BCUT2D eigenvalue weighted by Gasteiger charge is -2.15. The van der Waals surface area contributed by atoms with Crippen LogP contribution in [0.4, 0.5) is 5.69 Å². The van der Waals surface area contributed by atoms with E-state index in [1.807, 2.05) is 77.7 Å². The summed E-state index contributed by atoms with van der Waals surface area (Å²) in [6.07, 6.45) is 5.38. The number of rotatable bonds is 7. The van der Waals surface area contributed by atoms with Gasteiger partial charge in [-0.3, -0.25) is 4.79 Å². The molecule has 0 amide bonds. The van der Waals surface area contributed by atoms with E-state index in [4.69, 9.17) is 16.6 Å². The first kappa shape index (κ1) is 18.3. The van der Waals surface area contributed by atoms with Crippen LogP contribution >= 0.6 is 23.6 Å². The molecule has 5 nitrogen and oxygen atoms in total. The van der Waals surface area contributed by atoms with Gasteiger partial charge in [0.25, 0.3) is 6.04 Å². The summed E-state index contributed by atoms with van der Waals surface area (Å²) < 4.78 is 7.17. The van der Waals surface area contributed by atoms with Crippen LogP contribution in [-0.4, -0.2) is 24.9 Å². The monoisotopic (exact) mass is 386 g/mol. The van der Waals surface area contributed by atoms with Gasteiger partial charge in [0.15, 0.2) is 17.4 Å². The van der Waals surface area contributed by atoms with Crippen LogP contribution in [0, 0.1) is 0 Å². The fourth-order valence-corrected chi connectivity index (χ4v) is 3.52. The lowest BCUT2D eigenvalue weighted by Crippen LogP contribution is -2.51. The van der Waals surface area contributed by atoms with Crippen molar-refractivity contribution in [2.45, 2.75) is 12.6 Å². The minimum absolute atomic E-state index is 0.0282. The van der Waals surface area contributed by atoms with Crippen LogP contribution in [0.5, 0.6) is 0 Å². The van der Waals surface area contributed by atoms with Gasteiger partial charge in [-0.05, 0) is 23.6 Å². The minimum atomic E-state index is -0.602. The van der Waals surface area contributed by atoms with Gasteiger partial charge in [-0.1, -0.05) is 18.3 Å². The quantitative estimate of drug-likeness (QED) is 0.384. The highest BCUT2D eigenvalue weighted by atomic mass is 32.1. The SMILES string of the molecule is CN(C)c1cc[n+]([C@@H](C(=O)c2cccs2)C(=S)NCc2ccco2)cc1. The van der Waals surface area contributed by atoms with E-state index in [-0.39, 0.29) is 5.78 Å². The summed E-state index contributed by atoms with van der Waals surface area (Å²) in [5, 5.41) is 5.05. The Hall–Kier alpha value is -2.51. The number of carbonyl (C=O) groups is 1. The molecule has 1 N–H and O–H groups in total. The predicted molar refractivity (Wildman–Crippen MR) is 107 cm³/mol. The van der Waals surface area contributed by atoms with Crippen LogP contribution in [0.2, 0.25) is 0 Å². The summed E-state index contributed by atoms with van der Waals surface area (Å²) in [4.78, 5) is 16.2. The third kappa shape index (κ3) is 4.17. The number of hydrogen-bond donors (Lipinski definition) is 1. The number of nitrogens with zero attached hydrogens (tertiary/aromatic N) is 2. The third-order valence-corrected chi connectivity index (χ3v) is 5.18. The number of hydrogen-bond acceptors (Lipinski definition) is 5. The van der Waals surface area contributed by atoms with Crippen molar-refractivity contribution in [2.24, 2.45) is 0 Å². The molecule has 0 radical (unpaired) electrons. The highest BCUT2D eigenvalue weighted by molar-refractivity contribution is 7.80. The zero-order chi connectivity index (χ0) is 18.5. The first-order valence-corrected chi connectivity index (χ1v) is 9.41. The van der Waals surface area contributed by atoms with Crippen LogP contribution in [-0.2, 0) is 6.54 Å². The maximum atomic E-state index is 13.1. The summed E-state index contributed by atoms with van der Waals surface area (Å²) in [5.41, 5.74) is 1.05. The zero-order valence-electron chi connectivity index (χ0n) is 14.6. The minimum Gasteiger partial charge on any atom is -0.467 e. The number of ketones is 1. The number of nitrogens with one attached hydrogen (secondary N) is 1. The van der Waals surface area contributed by atoms with Crippen LogP contribution in [0.15, 0.2) is 64.9 Å². The molecule has 3 rings (SSSR count). The summed E-state index contributed by atoms with van der Waals surface area (Å²) in [5.74, 6) is 0.738. The molecule has 0 bridgehead atoms. The van der Waals surface area contributed by atoms with Crippen molar-refractivity contribution in [3.8, 4) is 0 Å². The van der Waals surface area contributed by atoms with Gasteiger partial charge in [-0.25, -0.2) is 0 Å². The Labute approximate surface area is 161 Å². The van der Waals surface area contributed by atoms with Crippen molar-refractivity contribution in [1.82, 2.24) is 5.32 Å². The molecular weight excluding hydrogens is 366 g/mol. The molecule has 7 heteroatoms. The van der Waals surface area contributed by atoms with E-state index in [2.05, 4.69) is 5.32 Å². The van der Waals surface area contributed by atoms with E-state index >= 15 is 0 Å². The molecule has 0 aromatic carbocycles. The number of anilines is 1. The Kier molecular flexibility index (Phi) is 5.80. The molecule has 0 aliphatic rings. The second-order valence-corrected chi connectivity index (χ2v) is 7.33. The molecule has 0 unspecified atom stereocenters. The maximum absolute atomic E-state index is 13.1. The van der Waals surface area contributed by atoms with Crippen LogP contribution in [0.1, 0.15) is 21.5 Å². The van der Waals surface area contributed by atoms with Crippen molar-refractivity contribution in [1.29, 1.82) is 0 Å². The predicted octanol–water partition coefficient (Wildman–Crippen LogP) is 3.24. The van der Waals surface area contributed by atoms with Crippen molar-refractivity contribution in [3.05, 3.63) is 71.1 Å². The molecule has 1 atom stereocenters. The summed E-state index contributed by atoms with van der Waals surface area (Å²) in [7, 11) is 3.95. The molecule has 0 fully saturated rings. The third-order valence-electron chi connectivity index (χ3n) is 3.93. The van der Waals surface area contributed by atoms with Crippen LogP contribution in [0.25, 0.3) is 0 Å². The number of thiocarbonyl (C=S) groups is 1. The average Bonchev–Trinajstić information content (AvgIpc) is 3.34. The van der Waals surface area contributed by atoms with Crippen molar-refractivity contribution in [2.75, 3.05) is 19.0 Å². The van der Waals surface area contributed by atoms with Gasteiger partial charge >= 0.3 is 0 Å². The Balaban J connectivity index is 1.85.